The van der Waals surface area contributed by atoms with Crippen LogP contribution in [-0.2, 0) is 6.42 Å². The van der Waals surface area contributed by atoms with Gasteiger partial charge in [0.05, 0.1) is 5.69 Å². The van der Waals surface area contributed by atoms with Crippen LogP contribution in [0.25, 0.3) is 17.8 Å². The van der Waals surface area contributed by atoms with E-state index in [1.807, 2.05) is 19.1 Å². The number of anilines is 1. The first-order chi connectivity index (χ1) is 8.71. The summed E-state index contributed by atoms with van der Waals surface area (Å²) < 4.78 is 1.55. The molecule has 2 rings (SSSR count). The van der Waals surface area contributed by atoms with Crippen molar-refractivity contribution in [2.75, 3.05) is 5.73 Å². The topological polar surface area (TPSA) is 69.1 Å². The second kappa shape index (κ2) is 4.83. The Morgan fingerprint density at radius 1 is 1.33 bits per heavy atom. The highest BCUT2D eigenvalue weighted by atomic mass is 15.3. The molecule has 92 valence electrons. The number of nitrogens with two attached hydrogens (primary N) is 1. The molecule has 2 N–H and O–H groups in total. The second-order valence-corrected chi connectivity index (χ2v) is 3.68. The first kappa shape index (κ1) is 12.0. The van der Waals surface area contributed by atoms with Crippen LogP contribution in [0.4, 0.5) is 5.95 Å². The SMILES string of the molecule is C=C/C=C\c1c(C=C)nc(N)n2nc(CC)nc12. The van der Waals surface area contributed by atoms with Gasteiger partial charge in [-0.15, -0.1) is 5.10 Å². The summed E-state index contributed by atoms with van der Waals surface area (Å²) in [4.78, 5) is 8.71. The minimum Gasteiger partial charge on any atom is -0.368 e. The number of nitrogen functional groups attached to an aromatic ring is 1. The molecule has 0 bridgehead atoms. The molecule has 0 atom stereocenters. The highest BCUT2D eigenvalue weighted by Gasteiger charge is 2.12. The van der Waals surface area contributed by atoms with E-state index >= 15 is 0 Å². The van der Waals surface area contributed by atoms with Gasteiger partial charge in [-0.05, 0) is 12.2 Å². The van der Waals surface area contributed by atoms with Gasteiger partial charge in [-0.1, -0.05) is 32.2 Å². The monoisotopic (exact) mass is 241 g/mol. The molecule has 0 radical (unpaired) electrons. The fraction of sp³-hybridized carbons (Fsp3) is 0.154. The number of hydrogen-bond donors (Lipinski definition) is 1. The summed E-state index contributed by atoms with van der Waals surface area (Å²) in [5.41, 5.74) is 8.07. The van der Waals surface area contributed by atoms with E-state index in [4.69, 9.17) is 5.73 Å². The molecule has 0 aliphatic rings. The molecule has 0 aliphatic carbocycles. The number of fused-ring (bicyclic) bond motifs is 1. The fourth-order valence-corrected chi connectivity index (χ4v) is 1.66. The van der Waals surface area contributed by atoms with Crippen LogP contribution in [-0.4, -0.2) is 19.6 Å². The van der Waals surface area contributed by atoms with Crippen LogP contribution in [0.2, 0.25) is 0 Å². The van der Waals surface area contributed by atoms with Crippen molar-refractivity contribution in [3.8, 4) is 0 Å². The van der Waals surface area contributed by atoms with E-state index in [1.54, 1.807) is 16.7 Å². The Bertz CT molecular complexity index is 636. The van der Waals surface area contributed by atoms with Crippen molar-refractivity contribution in [1.29, 1.82) is 0 Å². The number of rotatable bonds is 4. The van der Waals surface area contributed by atoms with E-state index in [2.05, 4.69) is 28.2 Å². The lowest BCUT2D eigenvalue weighted by atomic mass is 10.2. The van der Waals surface area contributed by atoms with Gasteiger partial charge < -0.3 is 5.73 Å². The molecule has 0 saturated heterocycles. The molecule has 0 fully saturated rings. The zero-order chi connectivity index (χ0) is 13.1. The van der Waals surface area contributed by atoms with Crippen molar-refractivity contribution in [2.24, 2.45) is 0 Å². The largest absolute Gasteiger partial charge is 0.368 e. The molecular weight excluding hydrogens is 226 g/mol. The van der Waals surface area contributed by atoms with Gasteiger partial charge in [0.2, 0.25) is 5.95 Å². The third kappa shape index (κ3) is 1.90. The summed E-state index contributed by atoms with van der Waals surface area (Å²) in [6.45, 7) is 9.38. The fourth-order valence-electron chi connectivity index (χ4n) is 1.66. The maximum Gasteiger partial charge on any atom is 0.223 e. The van der Waals surface area contributed by atoms with Gasteiger partial charge in [-0.2, -0.15) is 4.52 Å². The van der Waals surface area contributed by atoms with Crippen molar-refractivity contribution in [3.05, 3.63) is 42.4 Å². The lowest BCUT2D eigenvalue weighted by Crippen LogP contribution is -2.05. The highest BCUT2D eigenvalue weighted by Crippen LogP contribution is 2.19. The molecule has 0 aromatic carbocycles. The predicted octanol–water partition coefficient (Wildman–Crippen LogP) is 2.11. The Labute approximate surface area is 105 Å². The van der Waals surface area contributed by atoms with Gasteiger partial charge in [-0.25, -0.2) is 9.97 Å². The molecule has 2 aromatic rings. The van der Waals surface area contributed by atoms with Crippen molar-refractivity contribution < 1.29 is 0 Å². The molecule has 0 unspecified atom stereocenters. The first-order valence-electron chi connectivity index (χ1n) is 5.68. The Morgan fingerprint density at radius 3 is 2.72 bits per heavy atom. The van der Waals surface area contributed by atoms with E-state index in [0.29, 0.717) is 17.3 Å². The number of nitrogens with zero attached hydrogens (tertiary/aromatic N) is 4. The van der Waals surface area contributed by atoms with E-state index in [1.165, 1.54) is 0 Å². The average Bonchev–Trinajstić information content (AvgIpc) is 2.82. The van der Waals surface area contributed by atoms with Crippen molar-refractivity contribution in [3.63, 3.8) is 0 Å². The molecule has 2 aromatic heterocycles. The third-order valence-corrected chi connectivity index (χ3v) is 2.53. The summed E-state index contributed by atoms with van der Waals surface area (Å²) in [6.07, 6.45) is 7.78. The van der Waals surface area contributed by atoms with Gasteiger partial charge in [0, 0.05) is 12.0 Å². The predicted molar refractivity (Wildman–Crippen MR) is 73.9 cm³/mol. The van der Waals surface area contributed by atoms with Crippen molar-refractivity contribution in [1.82, 2.24) is 19.6 Å². The molecule has 0 aliphatic heterocycles. The maximum atomic E-state index is 5.86. The van der Waals surface area contributed by atoms with Crippen LogP contribution in [0, 0.1) is 0 Å². The maximum absolute atomic E-state index is 5.86. The van der Waals surface area contributed by atoms with Gasteiger partial charge in [0.1, 0.15) is 0 Å². The normalized spacial score (nSPS) is 11.2. The minimum atomic E-state index is 0.308. The quantitative estimate of drug-likeness (QED) is 0.832. The highest BCUT2D eigenvalue weighted by molar-refractivity contribution is 5.74. The molecule has 0 amide bonds. The van der Waals surface area contributed by atoms with E-state index in [-0.39, 0.29) is 0 Å². The van der Waals surface area contributed by atoms with E-state index < -0.39 is 0 Å². The molecular formula is C13H15N5. The van der Waals surface area contributed by atoms with Crippen LogP contribution >= 0.6 is 0 Å². The third-order valence-electron chi connectivity index (χ3n) is 2.53. The molecule has 0 saturated carbocycles. The summed E-state index contributed by atoms with van der Waals surface area (Å²) in [5.74, 6) is 1.04. The summed E-state index contributed by atoms with van der Waals surface area (Å²) >= 11 is 0. The second-order valence-electron chi connectivity index (χ2n) is 3.68. The number of aryl methyl sites for hydroxylation is 1. The molecule has 18 heavy (non-hydrogen) atoms. The average molecular weight is 241 g/mol. The van der Waals surface area contributed by atoms with Crippen molar-refractivity contribution >= 4 is 23.7 Å². The standard InChI is InChI=1S/C13H15N5/c1-4-7-8-9-10(5-2)15-13(14)18-12(9)16-11(6-3)17-18/h4-5,7-8H,1-2,6H2,3H3,(H2,14,15)/b8-7-. The zero-order valence-corrected chi connectivity index (χ0v) is 10.3. The minimum absolute atomic E-state index is 0.308. The Balaban J connectivity index is 2.81. The van der Waals surface area contributed by atoms with Crippen LogP contribution in [0.1, 0.15) is 24.0 Å². The summed E-state index contributed by atoms with van der Waals surface area (Å²) in [5, 5.41) is 4.30. The van der Waals surface area contributed by atoms with Crippen LogP contribution in [0.5, 0.6) is 0 Å². The Morgan fingerprint density at radius 2 is 2.11 bits per heavy atom. The van der Waals surface area contributed by atoms with Crippen LogP contribution in [0.15, 0.2) is 25.3 Å². The zero-order valence-electron chi connectivity index (χ0n) is 10.3. The number of hydrogen-bond acceptors (Lipinski definition) is 4. The Hall–Kier alpha value is -2.43. The summed E-state index contributed by atoms with van der Waals surface area (Å²) in [6, 6.07) is 0. The first-order valence-corrected chi connectivity index (χ1v) is 5.68. The molecule has 5 heteroatoms. The molecule has 5 nitrogen and oxygen atoms in total. The van der Waals surface area contributed by atoms with E-state index in [0.717, 1.165) is 17.8 Å². The van der Waals surface area contributed by atoms with Gasteiger partial charge >= 0.3 is 0 Å². The van der Waals surface area contributed by atoms with Gasteiger partial charge in [-0.3, -0.25) is 0 Å². The number of allylic oxidation sites excluding steroid dienone is 2. The smallest absolute Gasteiger partial charge is 0.223 e. The Kier molecular flexibility index (Phi) is 3.23. The van der Waals surface area contributed by atoms with E-state index in [9.17, 15) is 0 Å². The number of aromatic nitrogens is 4. The lowest BCUT2D eigenvalue weighted by molar-refractivity contribution is 0.876. The van der Waals surface area contributed by atoms with Crippen LogP contribution in [0.3, 0.4) is 0 Å². The van der Waals surface area contributed by atoms with Crippen LogP contribution < -0.4 is 5.73 Å². The molecule has 2 heterocycles. The van der Waals surface area contributed by atoms with Crippen molar-refractivity contribution in [2.45, 2.75) is 13.3 Å². The molecule has 0 spiro atoms. The van der Waals surface area contributed by atoms with Gasteiger partial charge in [0.15, 0.2) is 11.5 Å². The van der Waals surface area contributed by atoms with Gasteiger partial charge in [0.25, 0.3) is 0 Å². The lowest BCUT2D eigenvalue weighted by Gasteiger charge is -2.04. The summed E-state index contributed by atoms with van der Waals surface area (Å²) in [7, 11) is 0.